The number of amides is 2. The maximum Gasteiger partial charge on any atom is 0.325 e. The number of Topliss-reactive ketones (excluding diaryl/α,β-unsaturated/α-hetero) is 1. The molecule has 0 fully saturated rings. The summed E-state index contributed by atoms with van der Waals surface area (Å²) in [5.74, 6) is -0.368. The van der Waals surface area contributed by atoms with E-state index in [1.165, 1.54) is 6.07 Å². The first-order valence-corrected chi connectivity index (χ1v) is 14.8. The summed E-state index contributed by atoms with van der Waals surface area (Å²) >= 11 is 0.879. The van der Waals surface area contributed by atoms with Gasteiger partial charge < -0.3 is 5.32 Å². The zero-order valence-electron chi connectivity index (χ0n) is 18.3. The molecule has 0 saturated carbocycles. The molecule has 0 spiro atoms. The second-order valence-electron chi connectivity index (χ2n) is 7.53. The van der Waals surface area contributed by atoms with Gasteiger partial charge in [0.05, 0.1) is 11.4 Å². The lowest BCUT2D eigenvalue weighted by Gasteiger charge is -2.11. The number of carbonyl (C=O) groups excluding carboxylic acids is 2. The predicted octanol–water partition coefficient (Wildman–Crippen LogP) is 5.63. The molecule has 0 unspecified atom stereocenters. The highest BCUT2D eigenvalue weighted by molar-refractivity contribution is 8.21. The zero-order chi connectivity index (χ0) is 24.0. The minimum Gasteiger partial charge on any atom is -0.307 e. The number of unbranched alkanes of at least 4 members (excludes halogenated alkanes) is 2. The number of nitrogens with zero attached hydrogens (tertiary/aromatic N) is 1. The summed E-state index contributed by atoms with van der Waals surface area (Å²) in [7, 11) is -4.16. The summed E-state index contributed by atoms with van der Waals surface area (Å²) in [6.45, 7) is 2.02. The molecule has 0 radical (unpaired) electrons. The molecule has 2 amide bonds. The molecule has 1 aliphatic rings. The van der Waals surface area contributed by atoms with Gasteiger partial charge in [-0.2, -0.15) is 0 Å². The standard InChI is InChI=1S/C22H26FN3O4S3/c1-3-4-5-8-19(27)16-13-15(23)9-10-17(16)24-21(28)26-22-25-18(14-32-11-6-7-12-32)20(31-22)33(2,29)30/h6-7,9-13,32H,3-5,8,14H2,1-2H3,(H2,24,25,26,28). The first kappa shape index (κ1) is 25.1. The number of thiazole rings is 1. The summed E-state index contributed by atoms with van der Waals surface area (Å²) in [5.41, 5.74) is 0.689. The minimum atomic E-state index is -3.52. The molecule has 2 aromatic rings. The van der Waals surface area contributed by atoms with Gasteiger partial charge >= 0.3 is 6.03 Å². The van der Waals surface area contributed by atoms with Gasteiger partial charge in [0.25, 0.3) is 0 Å². The first-order valence-electron chi connectivity index (χ1n) is 10.4. The van der Waals surface area contributed by atoms with Gasteiger partial charge in [-0.1, -0.05) is 43.3 Å². The third kappa shape index (κ3) is 6.99. The molecule has 0 saturated heterocycles. The van der Waals surface area contributed by atoms with Gasteiger partial charge in [0.15, 0.2) is 20.8 Å². The average molecular weight is 512 g/mol. The van der Waals surface area contributed by atoms with Crippen LogP contribution in [0.3, 0.4) is 0 Å². The molecule has 1 aliphatic heterocycles. The van der Waals surface area contributed by atoms with Gasteiger partial charge in [0, 0.05) is 24.0 Å². The van der Waals surface area contributed by atoms with Gasteiger partial charge in [-0.25, -0.2) is 33.5 Å². The molecule has 2 heterocycles. The number of rotatable bonds is 10. The van der Waals surface area contributed by atoms with E-state index in [2.05, 4.69) is 15.6 Å². The van der Waals surface area contributed by atoms with E-state index in [1.54, 1.807) is 0 Å². The molecular formula is C22H26FN3O4S3. The molecule has 178 valence electrons. The van der Waals surface area contributed by atoms with Gasteiger partial charge in [0.1, 0.15) is 10.0 Å². The Morgan fingerprint density at radius 1 is 1.15 bits per heavy atom. The number of sulfone groups is 1. The first-order chi connectivity index (χ1) is 15.7. The third-order valence-electron chi connectivity index (χ3n) is 4.75. The van der Waals surface area contributed by atoms with Gasteiger partial charge in [-0.15, -0.1) is 0 Å². The Bertz CT molecular complexity index is 1190. The number of halogens is 1. The SMILES string of the molecule is CCCCCC(=O)c1cc(F)ccc1NC(=O)Nc1nc(C[SH]2C=CC=C2)c(S(C)(=O)=O)s1. The summed E-state index contributed by atoms with van der Waals surface area (Å²) in [6, 6.07) is 2.90. The number of thiol groups is 1. The number of anilines is 2. The van der Waals surface area contributed by atoms with Crippen LogP contribution in [-0.2, 0) is 15.6 Å². The fraction of sp³-hybridized carbons (Fsp3) is 0.318. The van der Waals surface area contributed by atoms with Crippen LogP contribution in [0.25, 0.3) is 0 Å². The van der Waals surface area contributed by atoms with Crippen LogP contribution < -0.4 is 10.6 Å². The van der Waals surface area contributed by atoms with Crippen molar-refractivity contribution in [3.8, 4) is 0 Å². The van der Waals surface area contributed by atoms with Crippen LogP contribution in [0, 0.1) is 5.82 Å². The Morgan fingerprint density at radius 3 is 2.55 bits per heavy atom. The van der Waals surface area contributed by atoms with Crippen LogP contribution in [0.1, 0.15) is 48.7 Å². The second kappa shape index (κ2) is 11.1. The van der Waals surface area contributed by atoms with Crippen LogP contribution in [-0.4, -0.2) is 31.5 Å². The van der Waals surface area contributed by atoms with Crippen molar-refractivity contribution in [3.05, 3.63) is 58.2 Å². The number of aromatic nitrogens is 1. The van der Waals surface area contributed by atoms with Crippen LogP contribution in [0.15, 0.2) is 45.4 Å². The third-order valence-corrected chi connectivity index (χ3v) is 9.40. The van der Waals surface area contributed by atoms with Gasteiger partial charge in [-0.05, 0) is 35.4 Å². The highest BCUT2D eigenvalue weighted by Gasteiger charge is 2.22. The average Bonchev–Trinajstić information content (AvgIpc) is 3.39. The summed E-state index contributed by atoms with van der Waals surface area (Å²) in [6.07, 6.45) is 7.70. The van der Waals surface area contributed by atoms with Crippen LogP contribution in [0.2, 0.25) is 0 Å². The Hall–Kier alpha value is -2.50. The molecule has 7 nitrogen and oxygen atoms in total. The van der Waals surface area contributed by atoms with Crippen molar-refractivity contribution in [1.82, 2.24) is 4.98 Å². The number of carbonyl (C=O) groups is 2. The summed E-state index contributed by atoms with van der Waals surface area (Å²) < 4.78 is 38.3. The maximum atomic E-state index is 13.8. The molecule has 11 heteroatoms. The van der Waals surface area contributed by atoms with E-state index in [0.717, 1.165) is 42.6 Å². The number of nitrogens with one attached hydrogen (secondary N) is 2. The zero-order valence-corrected chi connectivity index (χ0v) is 20.8. The van der Waals surface area contributed by atoms with E-state index in [4.69, 9.17) is 0 Å². The van der Waals surface area contributed by atoms with Crippen molar-refractivity contribution >= 4 is 54.7 Å². The van der Waals surface area contributed by atoms with Crippen molar-refractivity contribution in [2.75, 3.05) is 16.9 Å². The fourth-order valence-corrected chi connectivity index (χ4v) is 7.05. The Balaban J connectivity index is 1.76. The number of hydrogen-bond acceptors (Lipinski definition) is 6. The Labute approximate surface area is 199 Å². The van der Waals surface area contributed by atoms with Crippen molar-refractivity contribution in [3.63, 3.8) is 0 Å². The topological polar surface area (TPSA) is 105 Å². The lowest BCUT2D eigenvalue weighted by Crippen LogP contribution is -2.21. The molecule has 2 N–H and O–H groups in total. The van der Waals surface area contributed by atoms with E-state index >= 15 is 0 Å². The van der Waals surface area contributed by atoms with Crippen LogP contribution in [0.4, 0.5) is 20.0 Å². The summed E-state index contributed by atoms with van der Waals surface area (Å²) in [5, 5.41) is 9.24. The Kier molecular flexibility index (Phi) is 8.44. The number of hydrogen-bond donors (Lipinski definition) is 3. The number of urea groups is 1. The van der Waals surface area contributed by atoms with Crippen molar-refractivity contribution in [2.45, 2.75) is 42.6 Å². The molecule has 1 aromatic carbocycles. The van der Waals surface area contributed by atoms with Crippen molar-refractivity contribution < 1.29 is 22.4 Å². The molecular weight excluding hydrogens is 485 g/mol. The van der Waals surface area contributed by atoms with E-state index in [9.17, 15) is 22.4 Å². The highest BCUT2D eigenvalue weighted by atomic mass is 32.2. The van der Waals surface area contributed by atoms with E-state index in [-0.39, 0.29) is 32.8 Å². The Morgan fingerprint density at radius 2 is 1.88 bits per heavy atom. The minimum absolute atomic E-state index is 0.0977. The largest absolute Gasteiger partial charge is 0.325 e. The van der Waals surface area contributed by atoms with Crippen molar-refractivity contribution in [1.29, 1.82) is 0 Å². The predicted molar refractivity (Wildman–Crippen MR) is 134 cm³/mol. The number of allylic oxidation sites excluding steroid dienone is 2. The second-order valence-corrected chi connectivity index (χ2v) is 12.7. The lowest BCUT2D eigenvalue weighted by atomic mass is 10.0. The van der Waals surface area contributed by atoms with Gasteiger partial charge in [-0.3, -0.25) is 10.1 Å². The molecule has 0 bridgehead atoms. The summed E-state index contributed by atoms with van der Waals surface area (Å²) in [4.78, 5) is 29.5. The maximum absolute atomic E-state index is 13.8. The number of ketones is 1. The quantitative estimate of drug-likeness (QED) is 0.218. The molecule has 0 aliphatic carbocycles. The normalized spacial score (nSPS) is 14.0. The van der Waals surface area contributed by atoms with Crippen LogP contribution >= 0.6 is 22.2 Å². The lowest BCUT2D eigenvalue weighted by molar-refractivity contribution is 0.0979. The van der Waals surface area contributed by atoms with Crippen molar-refractivity contribution in [2.24, 2.45) is 0 Å². The molecule has 1 aromatic heterocycles. The smallest absolute Gasteiger partial charge is 0.307 e. The number of benzene rings is 1. The fourth-order valence-electron chi connectivity index (χ4n) is 3.21. The van der Waals surface area contributed by atoms with E-state index in [0.29, 0.717) is 17.9 Å². The van der Waals surface area contributed by atoms with E-state index in [1.807, 2.05) is 29.9 Å². The molecule has 33 heavy (non-hydrogen) atoms. The molecule has 0 atom stereocenters. The monoisotopic (exact) mass is 511 g/mol. The molecule has 3 rings (SSSR count). The van der Waals surface area contributed by atoms with E-state index < -0.39 is 32.6 Å². The van der Waals surface area contributed by atoms with Gasteiger partial charge in [0.2, 0.25) is 0 Å². The highest BCUT2D eigenvalue weighted by Crippen LogP contribution is 2.40. The van der Waals surface area contributed by atoms with Crippen LogP contribution in [0.5, 0.6) is 0 Å².